The SMILES string of the molecule is CCCC(=O)c1cc(CO)c(O)c(OC)c1. The van der Waals surface area contributed by atoms with Gasteiger partial charge in [0.2, 0.25) is 0 Å². The van der Waals surface area contributed by atoms with Crippen LogP contribution >= 0.6 is 0 Å². The van der Waals surface area contributed by atoms with Gasteiger partial charge in [0.15, 0.2) is 17.3 Å². The third-order valence-electron chi connectivity index (χ3n) is 2.34. The van der Waals surface area contributed by atoms with Crippen molar-refractivity contribution in [3.8, 4) is 11.5 Å². The van der Waals surface area contributed by atoms with Crippen LogP contribution in [0.25, 0.3) is 0 Å². The predicted octanol–water partition coefficient (Wildman–Crippen LogP) is 1.88. The van der Waals surface area contributed by atoms with Gasteiger partial charge in [-0.25, -0.2) is 0 Å². The Balaban J connectivity index is 3.16. The zero-order chi connectivity index (χ0) is 12.1. The quantitative estimate of drug-likeness (QED) is 0.749. The highest BCUT2D eigenvalue weighted by molar-refractivity contribution is 5.97. The molecule has 0 saturated heterocycles. The maximum Gasteiger partial charge on any atom is 0.163 e. The second-order valence-electron chi connectivity index (χ2n) is 3.52. The number of Topliss-reactive ketones (excluding diaryl/α,β-unsaturated/α-hetero) is 1. The predicted molar refractivity (Wildman–Crippen MR) is 59.8 cm³/mol. The summed E-state index contributed by atoms with van der Waals surface area (Å²) in [6.07, 6.45) is 1.20. The maximum atomic E-state index is 11.7. The highest BCUT2D eigenvalue weighted by Crippen LogP contribution is 2.31. The van der Waals surface area contributed by atoms with Gasteiger partial charge in [0.05, 0.1) is 13.7 Å². The molecular formula is C12H16O4. The number of benzene rings is 1. The number of phenols is 1. The lowest BCUT2D eigenvalue weighted by molar-refractivity contribution is 0.0981. The van der Waals surface area contributed by atoms with Crippen molar-refractivity contribution in [1.82, 2.24) is 0 Å². The van der Waals surface area contributed by atoms with E-state index >= 15 is 0 Å². The number of carbonyl (C=O) groups excluding carboxylic acids is 1. The Morgan fingerprint density at radius 1 is 1.44 bits per heavy atom. The van der Waals surface area contributed by atoms with Crippen LogP contribution in [0.3, 0.4) is 0 Å². The first kappa shape index (κ1) is 12.5. The van der Waals surface area contributed by atoms with Crippen LogP contribution in [0.4, 0.5) is 0 Å². The van der Waals surface area contributed by atoms with E-state index in [1.807, 2.05) is 6.92 Å². The van der Waals surface area contributed by atoms with Gasteiger partial charge in [0, 0.05) is 17.5 Å². The van der Waals surface area contributed by atoms with Crippen LogP contribution in [0.1, 0.15) is 35.7 Å². The third-order valence-corrected chi connectivity index (χ3v) is 2.34. The van der Waals surface area contributed by atoms with Crippen LogP contribution in [0.15, 0.2) is 12.1 Å². The zero-order valence-electron chi connectivity index (χ0n) is 9.49. The first-order chi connectivity index (χ1) is 7.63. The Morgan fingerprint density at radius 2 is 2.12 bits per heavy atom. The van der Waals surface area contributed by atoms with E-state index in [4.69, 9.17) is 9.84 Å². The van der Waals surface area contributed by atoms with Gasteiger partial charge < -0.3 is 14.9 Å². The zero-order valence-corrected chi connectivity index (χ0v) is 9.49. The summed E-state index contributed by atoms with van der Waals surface area (Å²) in [5, 5.41) is 18.7. The number of hydrogen-bond donors (Lipinski definition) is 2. The van der Waals surface area contributed by atoms with Gasteiger partial charge in [-0.05, 0) is 18.6 Å². The second kappa shape index (κ2) is 5.51. The van der Waals surface area contributed by atoms with Crippen molar-refractivity contribution in [1.29, 1.82) is 0 Å². The van der Waals surface area contributed by atoms with Gasteiger partial charge in [-0.15, -0.1) is 0 Å². The topological polar surface area (TPSA) is 66.8 Å². The Morgan fingerprint density at radius 3 is 2.62 bits per heavy atom. The molecule has 0 spiro atoms. The summed E-state index contributed by atoms with van der Waals surface area (Å²) in [7, 11) is 1.41. The smallest absolute Gasteiger partial charge is 0.163 e. The molecule has 88 valence electrons. The third kappa shape index (κ3) is 2.52. The number of aromatic hydroxyl groups is 1. The highest BCUT2D eigenvalue weighted by Gasteiger charge is 2.13. The van der Waals surface area contributed by atoms with Crippen molar-refractivity contribution in [2.24, 2.45) is 0 Å². The molecule has 0 heterocycles. The van der Waals surface area contributed by atoms with Crippen LogP contribution in [0, 0.1) is 0 Å². The van der Waals surface area contributed by atoms with Crippen molar-refractivity contribution in [2.45, 2.75) is 26.4 Å². The Labute approximate surface area is 94.5 Å². The van der Waals surface area contributed by atoms with Gasteiger partial charge in [0.1, 0.15) is 0 Å². The molecule has 1 aromatic carbocycles. The van der Waals surface area contributed by atoms with Gasteiger partial charge in [-0.1, -0.05) is 6.92 Å². The van der Waals surface area contributed by atoms with E-state index in [-0.39, 0.29) is 23.9 Å². The van der Waals surface area contributed by atoms with Crippen molar-refractivity contribution in [2.75, 3.05) is 7.11 Å². The van der Waals surface area contributed by atoms with Gasteiger partial charge in [0.25, 0.3) is 0 Å². The molecule has 0 saturated carbocycles. The molecule has 4 heteroatoms. The molecule has 1 aromatic rings. The van der Waals surface area contributed by atoms with E-state index in [0.29, 0.717) is 17.5 Å². The lowest BCUT2D eigenvalue weighted by Gasteiger charge is -2.09. The minimum absolute atomic E-state index is 0.0181. The molecule has 4 nitrogen and oxygen atoms in total. The minimum Gasteiger partial charge on any atom is -0.504 e. The molecule has 0 aliphatic carbocycles. The monoisotopic (exact) mass is 224 g/mol. The summed E-state index contributed by atoms with van der Waals surface area (Å²) < 4.78 is 4.94. The van der Waals surface area contributed by atoms with Crippen LogP contribution in [-0.2, 0) is 6.61 Å². The van der Waals surface area contributed by atoms with Crippen LogP contribution in [0.2, 0.25) is 0 Å². The van der Waals surface area contributed by atoms with Gasteiger partial charge in [-0.3, -0.25) is 4.79 Å². The summed E-state index contributed by atoms with van der Waals surface area (Å²) in [5.41, 5.74) is 0.763. The van der Waals surface area contributed by atoms with E-state index in [1.165, 1.54) is 19.2 Å². The standard InChI is InChI=1S/C12H16O4/c1-3-4-10(14)8-5-9(7-13)12(15)11(6-8)16-2/h5-6,13,15H,3-4,7H2,1-2H3. The number of aliphatic hydroxyl groups is 1. The fourth-order valence-corrected chi connectivity index (χ4v) is 1.47. The van der Waals surface area contributed by atoms with Crippen molar-refractivity contribution < 1.29 is 19.7 Å². The summed E-state index contributed by atoms with van der Waals surface area (Å²) in [4.78, 5) is 11.7. The molecule has 0 aromatic heterocycles. The summed E-state index contributed by atoms with van der Waals surface area (Å²) in [6, 6.07) is 2.99. The highest BCUT2D eigenvalue weighted by atomic mass is 16.5. The van der Waals surface area contributed by atoms with Gasteiger partial charge in [-0.2, -0.15) is 0 Å². The van der Waals surface area contributed by atoms with Crippen LogP contribution in [0.5, 0.6) is 11.5 Å². The van der Waals surface area contributed by atoms with Gasteiger partial charge >= 0.3 is 0 Å². The lowest BCUT2D eigenvalue weighted by Crippen LogP contribution is -2.01. The van der Waals surface area contributed by atoms with Crippen LogP contribution < -0.4 is 4.74 Å². The molecule has 1 rings (SSSR count). The molecule has 16 heavy (non-hydrogen) atoms. The summed E-state index contributed by atoms with van der Waals surface area (Å²) >= 11 is 0. The maximum absolute atomic E-state index is 11.7. The lowest BCUT2D eigenvalue weighted by atomic mass is 10.0. The van der Waals surface area contributed by atoms with Crippen LogP contribution in [-0.4, -0.2) is 23.1 Å². The molecule has 0 aliphatic heterocycles. The number of rotatable bonds is 5. The van der Waals surface area contributed by atoms with E-state index < -0.39 is 0 Å². The largest absolute Gasteiger partial charge is 0.504 e. The fourth-order valence-electron chi connectivity index (χ4n) is 1.47. The summed E-state index contributed by atoms with van der Waals surface area (Å²) in [5.74, 6) is 0.0829. The molecule has 0 fully saturated rings. The number of hydrogen-bond acceptors (Lipinski definition) is 4. The Kier molecular flexibility index (Phi) is 4.31. The van der Waals surface area contributed by atoms with E-state index in [0.717, 1.165) is 6.42 Å². The van der Waals surface area contributed by atoms with E-state index in [9.17, 15) is 9.90 Å². The number of ketones is 1. The second-order valence-corrected chi connectivity index (χ2v) is 3.52. The average Bonchev–Trinajstić information content (AvgIpc) is 2.29. The molecule has 2 N–H and O–H groups in total. The van der Waals surface area contributed by atoms with Crippen molar-refractivity contribution >= 4 is 5.78 Å². The molecule has 0 amide bonds. The molecular weight excluding hydrogens is 208 g/mol. The van der Waals surface area contributed by atoms with E-state index in [2.05, 4.69) is 0 Å². The van der Waals surface area contributed by atoms with Crippen molar-refractivity contribution in [3.05, 3.63) is 23.3 Å². The first-order valence-electron chi connectivity index (χ1n) is 5.18. The molecule has 0 atom stereocenters. The Bertz CT molecular complexity index is 360. The van der Waals surface area contributed by atoms with E-state index in [1.54, 1.807) is 0 Å². The molecule has 0 aliphatic rings. The average molecular weight is 224 g/mol. The molecule has 0 unspecified atom stereocenters. The number of carbonyl (C=O) groups is 1. The number of ether oxygens (including phenoxy) is 1. The van der Waals surface area contributed by atoms with Crippen molar-refractivity contribution in [3.63, 3.8) is 0 Å². The Hall–Kier alpha value is -1.55. The summed E-state index contributed by atoms with van der Waals surface area (Å²) in [6.45, 7) is 1.60. The molecule has 0 bridgehead atoms. The molecule has 0 radical (unpaired) electrons. The fraction of sp³-hybridized carbons (Fsp3) is 0.417. The number of aliphatic hydroxyl groups excluding tert-OH is 1. The number of methoxy groups -OCH3 is 1. The first-order valence-corrected chi connectivity index (χ1v) is 5.18. The normalized spacial score (nSPS) is 10.2. The minimum atomic E-state index is -0.324.